The molecule has 1 aromatic heterocycles. The molecule has 8 heteroatoms. The minimum Gasteiger partial charge on any atom is -0.490 e. The van der Waals surface area contributed by atoms with E-state index < -0.39 is 11.9 Å². The molecule has 0 spiro atoms. The number of allylic oxidation sites excluding steroid dienone is 1. The highest BCUT2D eigenvalue weighted by molar-refractivity contribution is 5.98. The average molecular weight is 615 g/mol. The van der Waals surface area contributed by atoms with E-state index in [2.05, 4.69) is 6.07 Å². The van der Waals surface area contributed by atoms with Gasteiger partial charge in [0.05, 0.1) is 12.5 Å². The van der Waals surface area contributed by atoms with Gasteiger partial charge in [-0.15, -0.1) is 0 Å². The van der Waals surface area contributed by atoms with Crippen molar-refractivity contribution in [3.05, 3.63) is 129 Å². The molecule has 0 aliphatic carbocycles. The van der Waals surface area contributed by atoms with Crippen molar-refractivity contribution in [1.29, 1.82) is 5.26 Å². The van der Waals surface area contributed by atoms with Gasteiger partial charge in [-0.1, -0.05) is 48.0 Å². The summed E-state index contributed by atoms with van der Waals surface area (Å²) in [6.07, 6.45) is 0. The first-order valence-corrected chi connectivity index (χ1v) is 15.1. The predicted octanol–water partition coefficient (Wildman–Crippen LogP) is 8.08. The largest absolute Gasteiger partial charge is 0.490 e. The lowest BCUT2D eigenvalue weighted by Gasteiger charge is -2.27. The number of fused-ring (bicyclic) bond motifs is 2. The quantitative estimate of drug-likeness (QED) is 0.138. The van der Waals surface area contributed by atoms with E-state index in [0.717, 1.165) is 27.6 Å². The number of nitrogens with two attached hydrogens (primary N) is 1. The van der Waals surface area contributed by atoms with Crippen LogP contribution in [0.4, 0.5) is 0 Å². The minimum atomic E-state index is -0.623. The molecule has 0 fully saturated rings. The molecule has 1 aliphatic heterocycles. The lowest BCUT2D eigenvalue weighted by Crippen LogP contribution is -2.21. The number of hydrogen-bond acceptors (Lipinski definition) is 8. The van der Waals surface area contributed by atoms with E-state index in [1.165, 1.54) is 5.56 Å². The smallest absolute Gasteiger partial charge is 0.379 e. The molecule has 2 heterocycles. The maximum atomic E-state index is 13.2. The Morgan fingerprint density at radius 3 is 2.43 bits per heavy atom. The summed E-state index contributed by atoms with van der Waals surface area (Å²) in [5.74, 6) is 0.695. The van der Waals surface area contributed by atoms with Crippen molar-refractivity contribution in [3.63, 3.8) is 0 Å². The van der Waals surface area contributed by atoms with Gasteiger partial charge in [0.15, 0.2) is 11.5 Å². The molecule has 0 bridgehead atoms. The van der Waals surface area contributed by atoms with Gasteiger partial charge in [-0.05, 0) is 81.1 Å². The summed E-state index contributed by atoms with van der Waals surface area (Å²) in [4.78, 5) is 13.2. The summed E-state index contributed by atoms with van der Waals surface area (Å²) in [6.45, 7) is 10.6. The predicted molar refractivity (Wildman–Crippen MR) is 174 cm³/mol. The third-order valence-electron chi connectivity index (χ3n) is 8.07. The highest BCUT2D eigenvalue weighted by atomic mass is 16.5. The molecule has 0 radical (unpaired) electrons. The average Bonchev–Trinajstić information content (AvgIpc) is 3.36. The van der Waals surface area contributed by atoms with Crippen molar-refractivity contribution in [2.24, 2.45) is 5.73 Å². The maximum absolute atomic E-state index is 13.2. The summed E-state index contributed by atoms with van der Waals surface area (Å²) in [7, 11) is 0. The van der Waals surface area contributed by atoms with Crippen LogP contribution in [0.5, 0.6) is 23.0 Å². The van der Waals surface area contributed by atoms with Crippen LogP contribution < -0.4 is 24.7 Å². The highest BCUT2D eigenvalue weighted by Gasteiger charge is 2.32. The number of hydrogen-bond donors (Lipinski definition) is 1. The van der Waals surface area contributed by atoms with Crippen LogP contribution in [0.1, 0.15) is 62.3 Å². The molecule has 5 aromatic rings. The minimum absolute atomic E-state index is 0.0277. The lowest BCUT2D eigenvalue weighted by atomic mass is 9.83. The number of benzene rings is 4. The molecule has 1 atom stereocenters. The van der Waals surface area contributed by atoms with Gasteiger partial charge < -0.3 is 29.1 Å². The van der Waals surface area contributed by atoms with Crippen LogP contribution in [0.2, 0.25) is 0 Å². The van der Waals surface area contributed by atoms with E-state index in [-0.39, 0.29) is 23.0 Å². The van der Waals surface area contributed by atoms with E-state index in [0.29, 0.717) is 47.2 Å². The fraction of sp³-hybridized carbons (Fsp3) is 0.211. The molecule has 232 valence electrons. The van der Waals surface area contributed by atoms with Crippen LogP contribution in [0.15, 0.2) is 88.7 Å². The van der Waals surface area contributed by atoms with Crippen LogP contribution in [0.25, 0.3) is 11.0 Å². The van der Waals surface area contributed by atoms with Gasteiger partial charge in [0.1, 0.15) is 35.3 Å². The fourth-order valence-electron chi connectivity index (χ4n) is 5.92. The molecule has 46 heavy (non-hydrogen) atoms. The maximum Gasteiger partial charge on any atom is 0.379 e. The highest BCUT2D eigenvalue weighted by Crippen LogP contribution is 2.45. The molecule has 1 aliphatic rings. The zero-order valence-corrected chi connectivity index (χ0v) is 26.4. The van der Waals surface area contributed by atoms with Crippen molar-refractivity contribution in [2.75, 3.05) is 6.61 Å². The van der Waals surface area contributed by atoms with Gasteiger partial charge in [-0.3, -0.25) is 0 Å². The summed E-state index contributed by atoms with van der Waals surface area (Å²) < 4.78 is 29.6. The monoisotopic (exact) mass is 614 g/mol. The summed E-state index contributed by atoms with van der Waals surface area (Å²) in [5.41, 5.74) is 13.6. The second-order valence-electron chi connectivity index (χ2n) is 11.4. The second kappa shape index (κ2) is 12.4. The number of nitriles is 1. The van der Waals surface area contributed by atoms with E-state index in [4.69, 9.17) is 29.1 Å². The second-order valence-corrected chi connectivity index (χ2v) is 11.4. The van der Waals surface area contributed by atoms with Gasteiger partial charge in [0.2, 0.25) is 11.6 Å². The Balaban J connectivity index is 1.30. The Morgan fingerprint density at radius 1 is 0.913 bits per heavy atom. The molecular formula is C38H34N2O6. The summed E-state index contributed by atoms with van der Waals surface area (Å²) >= 11 is 0. The first-order chi connectivity index (χ1) is 22.2. The molecular weight excluding hydrogens is 580 g/mol. The van der Waals surface area contributed by atoms with E-state index in [1.54, 1.807) is 18.2 Å². The number of carbonyl (C=O) groups is 1. The Morgan fingerprint density at radius 2 is 1.70 bits per heavy atom. The zero-order chi connectivity index (χ0) is 32.5. The molecule has 8 nitrogen and oxygen atoms in total. The standard InChI is InChI=1S/C38H34N2O6/c1-6-42-32-17-26(11-14-30(32)43-20-25-9-7-21(2)8-10-25)35-28-13-12-27(18-31(28)46-37(40)29(35)19-39)44-38(41)36-24(5)34-23(4)15-22(3)16-33(34)45-36/h7-18,35H,6,20,40H2,1-5H3. The van der Waals surface area contributed by atoms with Gasteiger partial charge >= 0.3 is 5.97 Å². The van der Waals surface area contributed by atoms with Crippen LogP contribution in [-0.4, -0.2) is 12.6 Å². The Labute approximate surface area is 267 Å². The molecule has 0 amide bonds. The van der Waals surface area contributed by atoms with Crippen molar-refractivity contribution in [3.8, 4) is 29.1 Å². The number of carbonyl (C=O) groups excluding carboxylic acids is 1. The van der Waals surface area contributed by atoms with Crippen molar-refractivity contribution >= 4 is 16.9 Å². The first kappa shape index (κ1) is 30.4. The Kier molecular flexibility index (Phi) is 8.16. The van der Waals surface area contributed by atoms with Crippen LogP contribution in [-0.2, 0) is 6.61 Å². The summed E-state index contributed by atoms with van der Waals surface area (Å²) in [6, 6.07) is 24.9. The van der Waals surface area contributed by atoms with Gasteiger partial charge in [-0.25, -0.2) is 4.79 Å². The first-order valence-electron chi connectivity index (χ1n) is 15.1. The number of esters is 1. The molecule has 0 saturated carbocycles. The van der Waals surface area contributed by atoms with Gasteiger partial charge in [-0.2, -0.15) is 5.26 Å². The van der Waals surface area contributed by atoms with Crippen molar-refractivity contribution < 1.29 is 28.2 Å². The lowest BCUT2D eigenvalue weighted by molar-refractivity contribution is 0.0702. The zero-order valence-electron chi connectivity index (χ0n) is 26.4. The Bertz CT molecular complexity index is 2050. The number of furan rings is 1. The Hall–Kier alpha value is -5.68. The third kappa shape index (κ3) is 5.75. The van der Waals surface area contributed by atoms with Crippen molar-refractivity contribution in [1.82, 2.24) is 0 Å². The van der Waals surface area contributed by atoms with Gasteiger partial charge in [0.25, 0.3) is 0 Å². The molecule has 1 unspecified atom stereocenters. The number of aryl methyl sites for hydroxylation is 4. The van der Waals surface area contributed by atoms with Crippen LogP contribution >= 0.6 is 0 Å². The normalized spacial score (nSPS) is 14.0. The van der Waals surface area contributed by atoms with Crippen molar-refractivity contribution in [2.45, 2.75) is 47.1 Å². The topological polar surface area (TPSA) is 117 Å². The molecule has 0 saturated heterocycles. The number of rotatable bonds is 8. The number of ether oxygens (including phenoxy) is 4. The summed E-state index contributed by atoms with van der Waals surface area (Å²) in [5, 5.41) is 11.0. The van der Waals surface area contributed by atoms with Crippen LogP contribution in [0.3, 0.4) is 0 Å². The molecule has 6 rings (SSSR count). The number of nitrogens with zero attached hydrogens (tertiary/aromatic N) is 1. The van der Waals surface area contributed by atoms with E-state index >= 15 is 0 Å². The molecule has 4 aromatic carbocycles. The van der Waals surface area contributed by atoms with Crippen LogP contribution in [0, 0.1) is 39.0 Å². The van der Waals surface area contributed by atoms with Gasteiger partial charge in [0, 0.05) is 22.6 Å². The van der Waals surface area contributed by atoms with E-state index in [1.807, 2.05) is 89.2 Å². The molecule has 2 N–H and O–H groups in total. The third-order valence-corrected chi connectivity index (χ3v) is 8.07. The fourth-order valence-corrected chi connectivity index (χ4v) is 5.92. The van der Waals surface area contributed by atoms with E-state index in [9.17, 15) is 10.1 Å². The SMILES string of the molecule is CCOc1cc(C2C(C#N)=C(N)Oc3cc(OC(=O)c4oc5cc(C)cc(C)c5c4C)ccc32)ccc1OCc1ccc(C)cc1.